The van der Waals surface area contributed by atoms with Crippen LogP contribution in [-0.4, -0.2) is 41.5 Å². The van der Waals surface area contributed by atoms with Gasteiger partial charge in [0.25, 0.3) is 0 Å². The van der Waals surface area contributed by atoms with Gasteiger partial charge in [-0.1, -0.05) is 18.1 Å². The first-order chi connectivity index (χ1) is 10.7. The van der Waals surface area contributed by atoms with Gasteiger partial charge in [-0.3, -0.25) is 4.90 Å². The van der Waals surface area contributed by atoms with Gasteiger partial charge in [0.15, 0.2) is 11.5 Å². The molecule has 1 saturated carbocycles. The summed E-state index contributed by atoms with van der Waals surface area (Å²) in [4.78, 5) is 8.01. The Balaban J connectivity index is 1.63. The van der Waals surface area contributed by atoms with Crippen molar-refractivity contribution < 1.29 is 14.7 Å². The number of aromatic hydroxyl groups is 1. The lowest BCUT2D eigenvalue weighted by atomic mass is 10.1. The van der Waals surface area contributed by atoms with E-state index in [0.29, 0.717) is 11.8 Å². The second-order valence-electron chi connectivity index (χ2n) is 6.11. The largest absolute Gasteiger partial charge is 0.504 e. The molecule has 0 radical (unpaired) electrons. The SMILES string of the molecule is CCC1=NO[C@@H](CN(Cc2ccc(O)c(OC)c2)C2CC2)C1. The van der Waals surface area contributed by atoms with Gasteiger partial charge < -0.3 is 14.7 Å². The Hall–Kier alpha value is -1.75. The fourth-order valence-corrected chi connectivity index (χ4v) is 2.89. The molecule has 1 fully saturated rings. The van der Waals surface area contributed by atoms with Gasteiger partial charge in [-0.15, -0.1) is 0 Å². The van der Waals surface area contributed by atoms with Crippen molar-refractivity contribution in [2.75, 3.05) is 13.7 Å². The van der Waals surface area contributed by atoms with E-state index in [0.717, 1.165) is 37.2 Å². The zero-order chi connectivity index (χ0) is 15.5. The number of benzene rings is 1. The molecule has 1 heterocycles. The third-order valence-corrected chi connectivity index (χ3v) is 4.33. The minimum atomic E-state index is 0.176. The van der Waals surface area contributed by atoms with Crippen LogP contribution in [0.25, 0.3) is 0 Å². The molecule has 0 unspecified atom stereocenters. The van der Waals surface area contributed by atoms with E-state index < -0.39 is 0 Å². The maximum atomic E-state index is 9.70. The van der Waals surface area contributed by atoms with Crippen molar-refractivity contribution in [3.63, 3.8) is 0 Å². The van der Waals surface area contributed by atoms with Crippen LogP contribution in [0.15, 0.2) is 23.4 Å². The van der Waals surface area contributed by atoms with Crippen molar-refractivity contribution in [2.24, 2.45) is 5.16 Å². The van der Waals surface area contributed by atoms with Gasteiger partial charge in [0, 0.05) is 25.6 Å². The van der Waals surface area contributed by atoms with Gasteiger partial charge in [-0.25, -0.2) is 0 Å². The highest BCUT2D eigenvalue weighted by Gasteiger charge is 2.32. The number of methoxy groups -OCH3 is 1. The number of ether oxygens (including phenoxy) is 1. The molecule has 120 valence electrons. The molecule has 5 nitrogen and oxygen atoms in total. The highest BCUT2D eigenvalue weighted by Crippen LogP contribution is 2.32. The van der Waals surface area contributed by atoms with E-state index in [9.17, 15) is 5.11 Å². The predicted octanol–water partition coefficient (Wildman–Crippen LogP) is 2.92. The third kappa shape index (κ3) is 3.53. The first-order valence-corrected chi connectivity index (χ1v) is 8.01. The first-order valence-electron chi connectivity index (χ1n) is 8.01. The molecule has 22 heavy (non-hydrogen) atoms. The summed E-state index contributed by atoms with van der Waals surface area (Å²) in [6.07, 6.45) is 4.59. The molecule has 1 atom stereocenters. The van der Waals surface area contributed by atoms with Gasteiger partial charge in [0.05, 0.1) is 12.8 Å². The number of hydrogen-bond acceptors (Lipinski definition) is 5. The maximum Gasteiger partial charge on any atom is 0.160 e. The molecule has 5 heteroatoms. The molecule has 1 aliphatic carbocycles. The number of phenols is 1. The summed E-state index contributed by atoms with van der Waals surface area (Å²) in [5.41, 5.74) is 2.31. The quantitative estimate of drug-likeness (QED) is 0.841. The second-order valence-corrected chi connectivity index (χ2v) is 6.11. The highest BCUT2D eigenvalue weighted by molar-refractivity contribution is 5.85. The van der Waals surface area contributed by atoms with Crippen molar-refractivity contribution in [3.8, 4) is 11.5 Å². The first kappa shape index (κ1) is 15.2. The Bertz CT molecular complexity index is 555. The normalized spacial score (nSPS) is 20.9. The van der Waals surface area contributed by atoms with Gasteiger partial charge >= 0.3 is 0 Å². The summed E-state index contributed by atoms with van der Waals surface area (Å²) in [7, 11) is 1.58. The molecule has 2 aliphatic rings. The van der Waals surface area contributed by atoms with E-state index in [-0.39, 0.29) is 11.9 Å². The van der Waals surface area contributed by atoms with Crippen molar-refractivity contribution in [1.82, 2.24) is 4.90 Å². The lowest BCUT2D eigenvalue weighted by molar-refractivity contribution is 0.0477. The van der Waals surface area contributed by atoms with E-state index in [1.807, 2.05) is 12.1 Å². The van der Waals surface area contributed by atoms with E-state index >= 15 is 0 Å². The smallest absolute Gasteiger partial charge is 0.160 e. The molecule has 0 spiro atoms. The van der Waals surface area contributed by atoms with Crippen LogP contribution in [0.2, 0.25) is 0 Å². The fraction of sp³-hybridized carbons (Fsp3) is 0.588. The topological polar surface area (TPSA) is 54.3 Å². The summed E-state index contributed by atoms with van der Waals surface area (Å²) >= 11 is 0. The van der Waals surface area contributed by atoms with E-state index in [4.69, 9.17) is 9.57 Å². The number of phenolic OH excluding ortho intramolecular Hbond substituents is 1. The molecule has 0 saturated heterocycles. The molecule has 1 aromatic rings. The van der Waals surface area contributed by atoms with Crippen LogP contribution in [0.1, 0.15) is 38.2 Å². The summed E-state index contributed by atoms with van der Waals surface area (Å²) < 4.78 is 5.19. The van der Waals surface area contributed by atoms with Crippen LogP contribution < -0.4 is 4.74 Å². The minimum Gasteiger partial charge on any atom is -0.504 e. The van der Waals surface area contributed by atoms with E-state index in [2.05, 4.69) is 17.0 Å². The number of nitrogens with zero attached hydrogens (tertiary/aromatic N) is 2. The van der Waals surface area contributed by atoms with E-state index in [1.165, 1.54) is 12.8 Å². The number of oxime groups is 1. The van der Waals surface area contributed by atoms with Crippen molar-refractivity contribution >= 4 is 5.71 Å². The van der Waals surface area contributed by atoms with Crippen LogP contribution in [-0.2, 0) is 11.4 Å². The average Bonchev–Trinajstić information content (AvgIpc) is 3.28. The lowest BCUT2D eigenvalue weighted by Gasteiger charge is -2.24. The summed E-state index contributed by atoms with van der Waals surface area (Å²) in [6, 6.07) is 6.21. The Labute approximate surface area is 131 Å². The van der Waals surface area contributed by atoms with Gasteiger partial charge in [0.2, 0.25) is 0 Å². The molecule has 3 rings (SSSR count). The standard InChI is InChI=1S/C17H24N2O3/c1-3-13-9-15(22-18-13)11-19(14-5-6-14)10-12-4-7-16(20)17(8-12)21-2/h4,7-8,14-15,20H,3,5-6,9-11H2,1-2H3/t15-/m1/s1. The monoisotopic (exact) mass is 304 g/mol. The summed E-state index contributed by atoms with van der Waals surface area (Å²) in [6.45, 7) is 3.87. The molecule has 0 bridgehead atoms. The Morgan fingerprint density at radius 2 is 2.23 bits per heavy atom. The van der Waals surface area contributed by atoms with Crippen molar-refractivity contribution in [3.05, 3.63) is 23.8 Å². The Kier molecular flexibility index (Phi) is 4.52. The highest BCUT2D eigenvalue weighted by atomic mass is 16.6. The molecular weight excluding hydrogens is 280 g/mol. The summed E-state index contributed by atoms with van der Waals surface area (Å²) in [5, 5.41) is 13.9. The Morgan fingerprint density at radius 1 is 1.41 bits per heavy atom. The van der Waals surface area contributed by atoms with Crippen LogP contribution in [0.5, 0.6) is 11.5 Å². The van der Waals surface area contributed by atoms with Crippen molar-refractivity contribution in [2.45, 2.75) is 51.3 Å². The summed E-state index contributed by atoms with van der Waals surface area (Å²) in [5.74, 6) is 0.714. The van der Waals surface area contributed by atoms with Crippen LogP contribution in [0, 0.1) is 0 Å². The lowest BCUT2D eigenvalue weighted by Crippen LogP contribution is -2.34. The van der Waals surface area contributed by atoms with Crippen LogP contribution in [0.3, 0.4) is 0 Å². The molecule has 0 aromatic heterocycles. The van der Waals surface area contributed by atoms with E-state index in [1.54, 1.807) is 13.2 Å². The van der Waals surface area contributed by atoms with Gasteiger partial charge in [-0.05, 0) is 37.0 Å². The second kappa shape index (κ2) is 6.57. The number of hydrogen-bond donors (Lipinski definition) is 1. The molecule has 1 aromatic carbocycles. The Morgan fingerprint density at radius 3 is 2.86 bits per heavy atom. The molecular formula is C17H24N2O3. The minimum absolute atomic E-state index is 0.176. The van der Waals surface area contributed by atoms with Crippen molar-refractivity contribution in [1.29, 1.82) is 0 Å². The molecule has 1 aliphatic heterocycles. The van der Waals surface area contributed by atoms with Crippen LogP contribution >= 0.6 is 0 Å². The molecule has 0 amide bonds. The third-order valence-electron chi connectivity index (χ3n) is 4.33. The number of rotatable bonds is 7. The van der Waals surface area contributed by atoms with Gasteiger partial charge in [0.1, 0.15) is 6.10 Å². The fourth-order valence-electron chi connectivity index (χ4n) is 2.89. The average molecular weight is 304 g/mol. The zero-order valence-corrected chi connectivity index (χ0v) is 13.3. The zero-order valence-electron chi connectivity index (χ0n) is 13.3. The van der Waals surface area contributed by atoms with Gasteiger partial charge in [-0.2, -0.15) is 0 Å². The molecule has 1 N–H and O–H groups in total. The van der Waals surface area contributed by atoms with Crippen LogP contribution in [0.4, 0.5) is 0 Å². The maximum absolute atomic E-state index is 9.70. The predicted molar refractivity (Wildman–Crippen MR) is 85.3 cm³/mol.